The van der Waals surface area contributed by atoms with Crippen LogP contribution in [0.4, 0.5) is 5.69 Å². The van der Waals surface area contributed by atoms with Crippen LogP contribution in [0.1, 0.15) is 22.9 Å². The molecule has 0 aliphatic carbocycles. The Bertz CT molecular complexity index is 1020. The van der Waals surface area contributed by atoms with E-state index in [-0.39, 0.29) is 6.04 Å². The largest absolute Gasteiger partial charge is 0.493 e. The van der Waals surface area contributed by atoms with Crippen molar-refractivity contribution in [1.29, 1.82) is 0 Å². The van der Waals surface area contributed by atoms with Crippen LogP contribution in [0.3, 0.4) is 0 Å². The fraction of sp³-hybridized carbons (Fsp3) is 0.182. The van der Waals surface area contributed by atoms with Crippen molar-refractivity contribution in [1.82, 2.24) is 5.01 Å². The topological polar surface area (TPSA) is 46.1 Å². The molecular formula is C22H21N3O2S2. The first-order valence-electron chi connectivity index (χ1n) is 9.18. The van der Waals surface area contributed by atoms with Crippen LogP contribution in [-0.2, 0) is 0 Å². The SMILES string of the molecule is COc1cccc([C@H]2CC(c3cccs3)=NN2C(=S)Nc2ccccc2)c1OC. The van der Waals surface area contributed by atoms with Gasteiger partial charge in [-0.25, -0.2) is 5.01 Å². The molecule has 4 rings (SSSR count). The predicted molar refractivity (Wildman–Crippen MR) is 122 cm³/mol. The molecule has 7 heteroatoms. The number of methoxy groups -OCH3 is 2. The minimum Gasteiger partial charge on any atom is -0.493 e. The van der Waals surface area contributed by atoms with Gasteiger partial charge in [-0.3, -0.25) is 0 Å². The van der Waals surface area contributed by atoms with Crippen LogP contribution < -0.4 is 14.8 Å². The summed E-state index contributed by atoms with van der Waals surface area (Å²) in [5.41, 5.74) is 2.92. The molecule has 5 nitrogen and oxygen atoms in total. The summed E-state index contributed by atoms with van der Waals surface area (Å²) in [5, 5.41) is 12.6. The summed E-state index contributed by atoms with van der Waals surface area (Å²) in [6, 6.07) is 19.8. The van der Waals surface area contributed by atoms with Crippen molar-refractivity contribution in [3.63, 3.8) is 0 Å². The lowest BCUT2D eigenvalue weighted by Gasteiger charge is -2.26. The van der Waals surface area contributed by atoms with E-state index in [1.165, 1.54) is 0 Å². The molecule has 1 atom stereocenters. The molecule has 0 unspecified atom stereocenters. The molecule has 148 valence electrons. The first-order chi connectivity index (χ1) is 14.2. The smallest absolute Gasteiger partial charge is 0.194 e. The molecule has 0 bridgehead atoms. The van der Waals surface area contributed by atoms with Crippen LogP contribution in [0.25, 0.3) is 0 Å². The summed E-state index contributed by atoms with van der Waals surface area (Å²) in [4.78, 5) is 1.14. The van der Waals surface area contributed by atoms with Crippen LogP contribution in [0.5, 0.6) is 11.5 Å². The molecule has 0 radical (unpaired) electrons. The van der Waals surface area contributed by atoms with Crippen molar-refractivity contribution in [3.05, 3.63) is 76.5 Å². The van der Waals surface area contributed by atoms with Gasteiger partial charge in [-0.2, -0.15) is 5.10 Å². The van der Waals surface area contributed by atoms with Gasteiger partial charge in [-0.15, -0.1) is 11.3 Å². The minimum atomic E-state index is -0.0964. The number of thiocarbonyl (C=S) groups is 1. The summed E-state index contributed by atoms with van der Waals surface area (Å²) < 4.78 is 11.2. The van der Waals surface area contributed by atoms with Gasteiger partial charge in [0.05, 0.1) is 30.9 Å². The zero-order valence-electron chi connectivity index (χ0n) is 16.2. The first kappa shape index (κ1) is 19.4. The number of anilines is 1. The zero-order chi connectivity index (χ0) is 20.2. The predicted octanol–water partition coefficient (Wildman–Crippen LogP) is 5.31. The Kier molecular flexibility index (Phi) is 5.78. The highest BCUT2D eigenvalue weighted by atomic mass is 32.1. The molecule has 3 aromatic rings. The van der Waals surface area contributed by atoms with Crippen molar-refractivity contribution >= 4 is 40.1 Å². The van der Waals surface area contributed by atoms with Crippen molar-refractivity contribution in [3.8, 4) is 11.5 Å². The Hall–Kier alpha value is -2.90. The van der Waals surface area contributed by atoms with Gasteiger partial charge in [0.15, 0.2) is 16.6 Å². The average molecular weight is 424 g/mol. The van der Waals surface area contributed by atoms with E-state index in [9.17, 15) is 0 Å². The maximum atomic E-state index is 5.74. The number of hydrogen-bond acceptors (Lipinski definition) is 5. The average Bonchev–Trinajstić information content (AvgIpc) is 3.43. The number of hydrogen-bond donors (Lipinski definition) is 1. The highest BCUT2D eigenvalue weighted by Gasteiger charge is 2.34. The summed E-state index contributed by atoms with van der Waals surface area (Å²) >= 11 is 7.41. The third-order valence-corrected chi connectivity index (χ3v) is 5.95. The third-order valence-electron chi connectivity index (χ3n) is 4.74. The molecule has 0 fully saturated rings. The molecule has 2 aromatic carbocycles. The van der Waals surface area contributed by atoms with E-state index in [1.54, 1.807) is 25.6 Å². The molecule has 29 heavy (non-hydrogen) atoms. The Balaban J connectivity index is 1.71. The van der Waals surface area contributed by atoms with Crippen LogP contribution in [0.2, 0.25) is 0 Å². The van der Waals surface area contributed by atoms with Crippen LogP contribution in [0.15, 0.2) is 71.1 Å². The van der Waals surface area contributed by atoms with Crippen LogP contribution in [-0.4, -0.2) is 30.1 Å². The lowest BCUT2D eigenvalue weighted by atomic mass is 10.00. The Labute approximate surface area is 179 Å². The van der Waals surface area contributed by atoms with Crippen LogP contribution >= 0.6 is 23.6 Å². The van der Waals surface area contributed by atoms with Gasteiger partial charge in [-0.05, 0) is 41.9 Å². The lowest BCUT2D eigenvalue weighted by Crippen LogP contribution is -2.31. The Morgan fingerprint density at radius 1 is 1.07 bits per heavy atom. The zero-order valence-corrected chi connectivity index (χ0v) is 17.8. The van der Waals surface area contributed by atoms with E-state index in [4.69, 9.17) is 26.8 Å². The summed E-state index contributed by atoms with van der Waals surface area (Å²) in [6.45, 7) is 0. The number of nitrogens with zero attached hydrogens (tertiary/aromatic N) is 2. The molecule has 1 aliphatic rings. The highest BCUT2D eigenvalue weighted by Crippen LogP contribution is 2.42. The van der Waals surface area contributed by atoms with Gasteiger partial charge in [0.1, 0.15) is 0 Å². The van der Waals surface area contributed by atoms with Gasteiger partial charge in [-0.1, -0.05) is 36.4 Å². The second-order valence-corrected chi connectivity index (χ2v) is 7.80. The van der Waals surface area contributed by atoms with E-state index in [2.05, 4.69) is 16.8 Å². The van der Waals surface area contributed by atoms with E-state index in [0.29, 0.717) is 16.6 Å². The van der Waals surface area contributed by atoms with Gasteiger partial charge in [0.25, 0.3) is 0 Å². The van der Waals surface area contributed by atoms with E-state index in [0.717, 1.165) is 28.3 Å². The van der Waals surface area contributed by atoms with Crippen molar-refractivity contribution in [2.24, 2.45) is 5.10 Å². The number of benzene rings is 2. The molecule has 1 N–H and O–H groups in total. The minimum absolute atomic E-state index is 0.0964. The molecule has 1 aromatic heterocycles. The third kappa shape index (κ3) is 3.97. The number of hydrazone groups is 1. The lowest BCUT2D eigenvalue weighted by molar-refractivity contribution is 0.327. The maximum Gasteiger partial charge on any atom is 0.194 e. The van der Waals surface area contributed by atoms with Gasteiger partial charge in [0, 0.05) is 17.7 Å². The molecule has 0 amide bonds. The quantitative estimate of drug-likeness (QED) is 0.563. The summed E-state index contributed by atoms with van der Waals surface area (Å²) in [5.74, 6) is 1.40. The fourth-order valence-electron chi connectivity index (χ4n) is 3.41. The fourth-order valence-corrected chi connectivity index (χ4v) is 4.42. The van der Waals surface area contributed by atoms with Crippen molar-refractivity contribution in [2.45, 2.75) is 12.5 Å². The van der Waals surface area contributed by atoms with Gasteiger partial charge < -0.3 is 14.8 Å². The van der Waals surface area contributed by atoms with Gasteiger partial charge >= 0.3 is 0 Å². The second kappa shape index (κ2) is 8.63. The normalized spacial score (nSPS) is 15.7. The van der Waals surface area contributed by atoms with Crippen molar-refractivity contribution < 1.29 is 9.47 Å². The monoisotopic (exact) mass is 423 g/mol. The van der Waals surface area contributed by atoms with Gasteiger partial charge in [0.2, 0.25) is 0 Å². The molecule has 1 aliphatic heterocycles. The molecule has 0 spiro atoms. The number of thiophene rings is 1. The maximum absolute atomic E-state index is 5.74. The molecule has 0 saturated carbocycles. The van der Waals surface area contributed by atoms with E-state index in [1.807, 2.05) is 59.6 Å². The molecular weight excluding hydrogens is 402 g/mol. The number of rotatable bonds is 5. The molecule has 0 saturated heterocycles. The standard InChI is InChI=1S/C22H21N3O2S2/c1-26-19-11-6-10-16(21(19)27-2)18-14-17(20-12-7-13-29-20)24-25(18)22(28)23-15-8-4-3-5-9-15/h3-13,18H,14H2,1-2H3,(H,23,28)/t18-/m1/s1. The van der Waals surface area contributed by atoms with E-state index >= 15 is 0 Å². The van der Waals surface area contributed by atoms with Crippen LogP contribution in [0, 0.1) is 0 Å². The highest BCUT2D eigenvalue weighted by molar-refractivity contribution is 7.80. The number of para-hydroxylation sites is 2. The molecule has 2 heterocycles. The summed E-state index contributed by atoms with van der Waals surface area (Å²) in [6.07, 6.45) is 0.723. The van der Waals surface area contributed by atoms with E-state index < -0.39 is 0 Å². The Morgan fingerprint density at radius 2 is 1.90 bits per heavy atom. The first-order valence-corrected chi connectivity index (χ1v) is 10.5. The second-order valence-electron chi connectivity index (χ2n) is 6.47. The number of ether oxygens (including phenoxy) is 2. The Morgan fingerprint density at radius 3 is 2.59 bits per heavy atom. The summed E-state index contributed by atoms with van der Waals surface area (Å²) in [7, 11) is 3.30. The number of nitrogens with one attached hydrogen (secondary N) is 1. The van der Waals surface area contributed by atoms with Crippen molar-refractivity contribution in [2.75, 3.05) is 19.5 Å².